The first-order valence-corrected chi connectivity index (χ1v) is 6.75. The fourth-order valence-electron chi connectivity index (χ4n) is 1.50. The lowest BCUT2D eigenvalue weighted by Crippen LogP contribution is -2.09. The molecule has 0 fully saturated rings. The zero-order valence-electron chi connectivity index (χ0n) is 8.85. The third-order valence-corrected chi connectivity index (χ3v) is 3.49. The molecule has 0 aliphatic rings. The maximum atomic E-state index is 4.00. The standard InChI is InChI=1S/C11H12BrN3S/c1-2-10(14-11-15-13-7-16-11)8-3-5-9(12)6-4-8/h3-7,10H,2H2,1H3,(H,14,15). The van der Waals surface area contributed by atoms with Gasteiger partial charge in [0.2, 0.25) is 5.13 Å². The molecule has 3 nitrogen and oxygen atoms in total. The van der Waals surface area contributed by atoms with Gasteiger partial charge in [0.25, 0.3) is 0 Å². The predicted octanol–water partition coefficient (Wildman–Crippen LogP) is 3.86. The number of hydrogen-bond acceptors (Lipinski definition) is 4. The van der Waals surface area contributed by atoms with E-state index in [0.717, 1.165) is 16.0 Å². The average Bonchev–Trinajstić information content (AvgIpc) is 2.80. The Bertz CT molecular complexity index is 427. The molecule has 0 saturated carbocycles. The fraction of sp³-hybridized carbons (Fsp3) is 0.273. The molecule has 1 aromatic carbocycles. The Kier molecular flexibility index (Phi) is 3.90. The van der Waals surface area contributed by atoms with Crippen LogP contribution >= 0.6 is 27.3 Å². The minimum Gasteiger partial charge on any atom is -0.353 e. The van der Waals surface area contributed by atoms with E-state index in [4.69, 9.17) is 0 Å². The summed E-state index contributed by atoms with van der Waals surface area (Å²) in [6.07, 6.45) is 1.02. The molecule has 84 valence electrons. The van der Waals surface area contributed by atoms with Crippen LogP contribution in [0.4, 0.5) is 5.13 Å². The van der Waals surface area contributed by atoms with E-state index in [9.17, 15) is 0 Å². The normalized spacial score (nSPS) is 12.4. The molecule has 1 atom stereocenters. The van der Waals surface area contributed by atoms with Crippen LogP contribution in [0, 0.1) is 0 Å². The van der Waals surface area contributed by atoms with Gasteiger partial charge in [-0.25, -0.2) is 0 Å². The van der Waals surface area contributed by atoms with Crippen LogP contribution in [0.5, 0.6) is 0 Å². The Morgan fingerprint density at radius 3 is 2.69 bits per heavy atom. The van der Waals surface area contributed by atoms with E-state index in [1.165, 1.54) is 16.9 Å². The van der Waals surface area contributed by atoms with Gasteiger partial charge in [0.15, 0.2) is 0 Å². The number of benzene rings is 1. The third-order valence-electron chi connectivity index (χ3n) is 2.34. The number of nitrogens with one attached hydrogen (secondary N) is 1. The van der Waals surface area contributed by atoms with Crippen molar-refractivity contribution in [2.24, 2.45) is 0 Å². The summed E-state index contributed by atoms with van der Waals surface area (Å²) in [7, 11) is 0. The van der Waals surface area contributed by atoms with Gasteiger partial charge in [0.05, 0.1) is 6.04 Å². The Hall–Kier alpha value is -0.940. The molecule has 0 aliphatic heterocycles. The first-order chi connectivity index (χ1) is 7.79. The van der Waals surface area contributed by atoms with Crippen LogP contribution in [0.1, 0.15) is 24.9 Å². The second-order valence-corrected chi connectivity index (χ2v) is 5.15. The van der Waals surface area contributed by atoms with Crippen LogP contribution < -0.4 is 5.32 Å². The Balaban J connectivity index is 2.13. The van der Waals surface area contributed by atoms with Crippen molar-refractivity contribution in [3.63, 3.8) is 0 Å². The molecule has 1 N–H and O–H groups in total. The Labute approximate surface area is 107 Å². The summed E-state index contributed by atoms with van der Waals surface area (Å²) in [6, 6.07) is 8.64. The zero-order chi connectivity index (χ0) is 11.4. The van der Waals surface area contributed by atoms with Gasteiger partial charge in [-0.15, -0.1) is 10.2 Å². The lowest BCUT2D eigenvalue weighted by Gasteiger charge is -2.16. The molecule has 0 aliphatic carbocycles. The molecule has 1 unspecified atom stereocenters. The number of nitrogens with zero attached hydrogens (tertiary/aromatic N) is 2. The van der Waals surface area contributed by atoms with E-state index in [-0.39, 0.29) is 0 Å². The van der Waals surface area contributed by atoms with Crippen LogP contribution in [0.2, 0.25) is 0 Å². The van der Waals surface area contributed by atoms with Gasteiger partial charge in [0.1, 0.15) is 5.51 Å². The Morgan fingerprint density at radius 1 is 1.38 bits per heavy atom. The van der Waals surface area contributed by atoms with Gasteiger partial charge in [-0.1, -0.05) is 46.3 Å². The van der Waals surface area contributed by atoms with E-state index in [1.807, 2.05) is 0 Å². The van der Waals surface area contributed by atoms with Gasteiger partial charge in [-0.05, 0) is 24.1 Å². The maximum Gasteiger partial charge on any atom is 0.205 e. The molecule has 1 aromatic heterocycles. The van der Waals surface area contributed by atoms with Crippen molar-refractivity contribution in [1.82, 2.24) is 10.2 Å². The largest absolute Gasteiger partial charge is 0.353 e. The van der Waals surface area contributed by atoms with Gasteiger partial charge in [-0.3, -0.25) is 0 Å². The maximum absolute atomic E-state index is 4.00. The van der Waals surface area contributed by atoms with Crippen molar-refractivity contribution >= 4 is 32.4 Å². The zero-order valence-corrected chi connectivity index (χ0v) is 11.3. The monoisotopic (exact) mass is 297 g/mol. The number of rotatable bonds is 4. The highest BCUT2D eigenvalue weighted by atomic mass is 79.9. The smallest absolute Gasteiger partial charge is 0.205 e. The third kappa shape index (κ3) is 2.80. The van der Waals surface area contributed by atoms with Crippen LogP contribution in [-0.4, -0.2) is 10.2 Å². The summed E-state index contributed by atoms with van der Waals surface area (Å²) in [5.74, 6) is 0. The van der Waals surface area contributed by atoms with Crippen molar-refractivity contribution < 1.29 is 0 Å². The predicted molar refractivity (Wildman–Crippen MR) is 70.7 cm³/mol. The minimum absolute atomic E-state index is 0.293. The lowest BCUT2D eigenvalue weighted by atomic mass is 10.1. The van der Waals surface area contributed by atoms with Crippen LogP contribution in [0.3, 0.4) is 0 Å². The highest BCUT2D eigenvalue weighted by Crippen LogP contribution is 2.24. The van der Waals surface area contributed by atoms with Crippen molar-refractivity contribution in [3.05, 3.63) is 39.8 Å². The summed E-state index contributed by atoms with van der Waals surface area (Å²) < 4.78 is 1.10. The summed E-state index contributed by atoms with van der Waals surface area (Å²) in [6.45, 7) is 2.15. The second-order valence-electron chi connectivity index (χ2n) is 3.40. The van der Waals surface area contributed by atoms with Gasteiger partial charge in [-0.2, -0.15) is 0 Å². The van der Waals surface area contributed by atoms with Crippen molar-refractivity contribution in [2.75, 3.05) is 5.32 Å². The number of aromatic nitrogens is 2. The van der Waals surface area contributed by atoms with Gasteiger partial charge >= 0.3 is 0 Å². The molecule has 0 amide bonds. The molecule has 1 heterocycles. The van der Waals surface area contributed by atoms with E-state index in [0.29, 0.717) is 6.04 Å². The van der Waals surface area contributed by atoms with Crippen molar-refractivity contribution in [2.45, 2.75) is 19.4 Å². The lowest BCUT2D eigenvalue weighted by molar-refractivity contribution is 0.745. The number of halogens is 1. The molecule has 2 rings (SSSR count). The highest BCUT2D eigenvalue weighted by Gasteiger charge is 2.10. The molecular weight excluding hydrogens is 286 g/mol. The Morgan fingerprint density at radius 2 is 2.12 bits per heavy atom. The molecule has 0 saturated heterocycles. The molecular formula is C11H12BrN3S. The number of anilines is 1. The fourth-order valence-corrected chi connectivity index (χ4v) is 2.26. The van der Waals surface area contributed by atoms with E-state index in [2.05, 4.69) is 62.6 Å². The van der Waals surface area contributed by atoms with E-state index in [1.54, 1.807) is 5.51 Å². The quantitative estimate of drug-likeness (QED) is 0.931. The summed E-state index contributed by atoms with van der Waals surface area (Å²) in [5.41, 5.74) is 3.00. The molecule has 2 aromatic rings. The average molecular weight is 298 g/mol. The second kappa shape index (κ2) is 5.41. The SMILES string of the molecule is CCC(Nc1nncs1)c1ccc(Br)cc1. The summed E-state index contributed by atoms with van der Waals surface area (Å²) in [4.78, 5) is 0. The first-order valence-electron chi connectivity index (χ1n) is 5.07. The number of hydrogen-bond donors (Lipinski definition) is 1. The molecule has 16 heavy (non-hydrogen) atoms. The van der Waals surface area contributed by atoms with Gasteiger partial charge in [0, 0.05) is 4.47 Å². The van der Waals surface area contributed by atoms with Crippen LogP contribution in [-0.2, 0) is 0 Å². The highest BCUT2D eigenvalue weighted by molar-refractivity contribution is 9.10. The van der Waals surface area contributed by atoms with E-state index < -0.39 is 0 Å². The van der Waals surface area contributed by atoms with Crippen LogP contribution in [0.25, 0.3) is 0 Å². The van der Waals surface area contributed by atoms with E-state index >= 15 is 0 Å². The summed E-state index contributed by atoms with van der Waals surface area (Å²) >= 11 is 4.96. The van der Waals surface area contributed by atoms with Crippen molar-refractivity contribution in [1.29, 1.82) is 0 Å². The van der Waals surface area contributed by atoms with Crippen LogP contribution in [0.15, 0.2) is 34.2 Å². The first kappa shape index (κ1) is 11.5. The molecule has 0 radical (unpaired) electrons. The van der Waals surface area contributed by atoms with Crippen molar-refractivity contribution in [3.8, 4) is 0 Å². The van der Waals surface area contributed by atoms with Gasteiger partial charge < -0.3 is 5.32 Å². The molecule has 5 heteroatoms. The molecule has 0 bridgehead atoms. The molecule has 0 spiro atoms. The minimum atomic E-state index is 0.293. The topological polar surface area (TPSA) is 37.8 Å². The summed E-state index contributed by atoms with van der Waals surface area (Å²) in [5, 5.41) is 12.1.